The number of pyridine rings is 1. The zero-order valence-electron chi connectivity index (χ0n) is 20.3. The molecule has 188 valence electrons. The average Bonchev–Trinajstić information content (AvgIpc) is 3.42. The quantitative estimate of drug-likeness (QED) is 0.331. The maximum Gasteiger partial charge on any atom is 0.247 e. The highest BCUT2D eigenvalue weighted by atomic mass is 16.5. The standard InChI is InChI=1S/C28H31N3O5/c1-18-13-20(23-6-2-3-7-25(23)29-18)17-36-22-10-8-19(9-11-22)14-28(15-24(28)26(33)30-35)27(34)31-12-4-5-21(31)16-32/h2-3,6-11,13,21,24,32,35H,4-5,12,14-17H2,1H3,(H,30,33)/t21-,24+,28-/m0/s1. The molecule has 0 spiro atoms. The second-order valence-electron chi connectivity index (χ2n) is 9.92. The van der Waals surface area contributed by atoms with Gasteiger partial charge in [-0.05, 0) is 62.4 Å². The average molecular weight is 490 g/mol. The molecule has 8 nitrogen and oxygen atoms in total. The van der Waals surface area contributed by atoms with Gasteiger partial charge in [0.05, 0.1) is 29.5 Å². The molecule has 2 fully saturated rings. The summed E-state index contributed by atoms with van der Waals surface area (Å²) < 4.78 is 6.06. The van der Waals surface area contributed by atoms with E-state index in [2.05, 4.69) is 4.98 Å². The number of benzene rings is 2. The zero-order chi connectivity index (χ0) is 25.3. The van der Waals surface area contributed by atoms with Crippen molar-refractivity contribution >= 4 is 22.7 Å². The number of para-hydroxylation sites is 1. The number of carbonyl (C=O) groups excluding carboxylic acids is 2. The highest BCUT2D eigenvalue weighted by Gasteiger charge is 2.64. The second kappa shape index (κ2) is 9.87. The van der Waals surface area contributed by atoms with Gasteiger partial charge in [0.2, 0.25) is 11.8 Å². The number of hydrogen-bond acceptors (Lipinski definition) is 6. The van der Waals surface area contributed by atoms with E-state index in [9.17, 15) is 19.9 Å². The van der Waals surface area contributed by atoms with Crippen LogP contribution in [-0.2, 0) is 22.6 Å². The smallest absolute Gasteiger partial charge is 0.247 e. The third kappa shape index (κ3) is 4.54. The van der Waals surface area contributed by atoms with Crippen LogP contribution in [0.3, 0.4) is 0 Å². The van der Waals surface area contributed by atoms with E-state index in [1.54, 1.807) is 10.4 Å². The number of aryl methyl sites for hydroxylation is 1. The number of rotatable bonds is 8. The molecule has 2 aromatic carbocycles. The van der Waals surface area contributed by atoms with Gasteiger partial charge >= 0.3 is 0 Å². The molecule has 3 aromatic rings. The van der Waals surface area contributed by atoms with Crippen LogP contribution in [0.25, 0.3) is 10.9 Å². The number of likely N-dealkylation sites (tertiary alicyclic amines) is 1. The van der Waals surface area contributed by atoms with Crippen LogP contribution in [0.5, 0.6) is 5.75 Å². The summed E-state index contributed by atoms with van der Waals surface area (Å²) >= 11 is 0. The molecule has 0 radical (unpaired) electrons. The molecule has 1 aliphatic heterocycles. The minimum Gasteiger partial charge on any atom is -0.489 e. The van der Waals surface area contributed by atoms with Gasteiger partial charge in [0.1, 0.15) is 12.4 Å². The molecular weight excluding hydrogens is 458 g/mol. The molecule has 2 aliphatic rings. The maximum atomic E-state index is 13.5. The van der Waals surface area contributed by atoms with E-state index in [0.717, 1.165) is 40.6 Å². The van der Waals surface area contributed by atoms with E-state index in [1.807, 2.05) is 61.5 Å². The number of ether oxygens (including phenoxy) is 1. The van der Waals surface area contributed by atoms with Crippen molar-refractivity contribution in [3.05, 3.63) is 71.4 Å². The monoisotopic (exact) mass is 489 g/mol. The van der Waals surface area contributed by atoms with Gasteiger partial charge in [-0.25, -0.2) is 5.48 Å². The number of carbonyl (C=O) groups is 2. The van der Waals surface area contributed by atoms with Gasteiger partial charge in [-0.2, -0.15) is 0 Å². The Morgan fingerprint density at radius 3 is 2.72 bits per heavy atom. The van der Waals surface area contributed by atoms with Gasteiger partial charge in [0.15, 0.2) is 0 Å². The molecule has 0 bridgehead atoms. The molecule has 0 unspecified atom stereocenters. The molecule has 1 aliphatic carbocycles. The first-order valence-electron chi connectivity index (χ1n) is 12.4. The van der Waals surface area contributed by atoms with Crippen LogP contribution < -0.4 is 10.2 Å². The SMILES string of the molecule is Cc1cc(COc2ccc(C[C@]3(C(=O)N4CCC[C@H]4CO)C[C@@H]3C(=O)NO)cc2)c2ccccc2n1. The van der Waals surface area contributed by atoms with Crippen LogP contribution in [0.1, 0.15) is 36.1 Å². The van der Waals surface area contributed by atoms with E-state index in [1.165, 1.54) is 0 Å². The minimum atomic E-state index is -0.902. The Kier molecular flexibility index (Phi) is 6.64. The van der Waals surface area contributed by atoms with Gasteiger partial charge in [-0.15, -0.1) is 0 Å². The summed E-state index contributed by atoms with van der Waals surface area (Å²) in [4.78, 5) is 32.0. The first-order chi connectivity index (χ1) is 17.4. The summed E-state index contributed by atoms with van der Waals surface area (Å²) in [6.45, 7) is 2.86. The molecule has 1 saturated carbocycles. The number of aliphatic hydroxyl groups is 1. The highest BCUT2D eigenvalue weighted by Crippen LogP contribution is 2.56. The molecule has 3 atom stereocenters. The Morgan fingerprint density at radius 2 is 1.97 bits per heavy atom. The van der Waals surface area contributed by atoms with Crippen molar-refractivity contribution in [3.63, 3.8) is 0 Å². The van der Waals surface area contributed by atoms with Crippen molar-refractivity contribution < 1.29 is 24.6 Å². The van der Waals surface area contributed by atoms with Crippen molar-refractivity contribution in [1.29, 1.82) is 0 Å². The van der Waals surface area contributed by atoms with E-state index >= 15 is 0 Å². The molecule has 3 N–H and O–H groups in total. The lowest BCUT2D eigenvalue weighted by molar-refractivity contribution is -0.142. The Morgan fingerprint density at radius 1 is 1.19 bits per heavy atom. The molecule has 1 aromatic heterocycles. The molecule has 8 heteroatoms. The normalized spacial score (nSPS) is 23.0. The van der Waals surface area contributed by atoms with Crippen LogP contribution >= 0.6 is 0 Å². The summed E-state index contributed by atoms with van der Waals surface area (Å²) in [6.07, 6.45) is 2.35. The predicted octanol–water partition coefficient (Wildman–Crippen LogP) is 3.16. The Hall–Kier alpha value is -3.49. The molecular formula is C28H31N3O5. The molecule has 36 heavy (non-hydrogen) atoms. The van der Waals surface area contributed by atoms with Gasteiger partial charge in [0, 0.05) is 23.2 Å². The number of hydrogen-bond donors (Lipinski definition) is 3. The number of amides is 2. The van der Waals surface area contributed by atoms with E-state index in [4.69, 9.17) is 4.74 Å². The molecule has 1 saturated heterocycles. The van der Waals surface area contributed by atoms with Gasteiger partial charge in [-0.1, -0.05) is 30.3 Å². The van der Waals surface area contributed by atoms with Crippen molar-refractivity contribution in [2.45, 2.75) is 45.3 Å². The molecule has 5 rings (SSSR count). The number of aromatic nitrogens is 1. The lowest BCUT2D eigenvalue weighted by Gasteiger charge is -2.28. The van der Waals surface area contributed by atoms with Crippen LogP contribution in [0.4, 0.5) is 0 Å². The molecule has 2 heterocycles. The van der Waals surface area contributed by atoms with E-state index < -0.39 is 17.2 Å². The third-order valence-electron chi connectivity index (χ3n) is 7.54. The number of nitrogens with zero attached hydrogens (tertiary/aromatic N) is 2. The summed E-state index contributed by atoms with van der Waals surface area (Å²) in [5.74, 6) is -0.539. The van der Waals surface area contributed by atoms with Crippen molar-refractivity contribution in [2.24, 2.45) is 11.3 Å². The first-order valence-corrected chi connectivity index (χ1v) is 12.4. The maximum absolute atomic E-state index is 13.5. The fraction of sp³-hybridized carbons (Fsp3) is 0.393. The van der Waals surface area contributed by atoms with Gasteiger partial charge in [0.25, 0.3) is 0 Å². The van der Waals surface area contributed by atoms with E-state index in [-0.39, 0.29) is 18.6 Å². The van der Waals surface area contributed by atoms with Gasteiger partial charge < -0.3 is 14.7 Å². The summed E-state index contributed by atoms with van der Waals surface area (Å²) in [5, 5.41) is 19.9. The third-order valence-corrected chi connectivity index (χ3v) is 7.54. The number of aliphatic hydroxyl groups excluding tert-OH is 1. The summed E-state index contributed by atoms with van der Waals surface area (Å²) in [5.41, 5.74) is 4.66. The van der Waals surface area contributed by atoms with Crippen molar-refractivity contribution in [3.8, 4) is 5.75 Å². The number of fused-ring (bicyclic) bond motifs is 1. The van der Waals surface area contributed by atoms with Gasteiger partial charge in [-0.3, -0.25) is 19.8 Å². The summed E-state index contributed by atoms with van der Waals surface area (Å²) in [7, 11) is 0. The highest BCUT2D eigenvalue weighted by molar-refractivity contribution is 5.96. The fourth-order valence-electron chi connectivity index (χ4n) is 5.56. The Labute approximate surface area is 209 Å². The van der Waals surface area contributed by atoms with E-state index in [0.29, 0.717) is 31.7 Å². The van der Waals surface area contributed by atoms with Crippen molar-refractivity contribution in [2.75, 3.05) is 13.2 Å². The van der Waals surface area contributed by atoms with Crippen molar-refractivity contribution in [1.82, 2.24) is 15.4 Å². The van der Waals surface area contributed by atoms with Crippen LogP contribution in [0.2, 0.25) is 0 Å². The predicted molar refractivity (Wildman–Crippen MR) is 133 cm³/mol. The lowest BCUT2D eigenvalue weighted by atomic mass is 9.91. The molecule has 2 amide bonds. The lowest BCUT2D eigenvalue weighted by Crippen LogP contribution is -2.44. The van der Waals surface area contributed by atoms with Crippen LogP contribution in [-0.4, -0.2) is 51.2 Å². The zero-order valence-corrected chi connectivity index (χ0v) is 20.3. The minimum absolute atomic E-state index is 0.0863. The topological polar surface area (TPSA) is 112 Å². The number of nitrogens with one attached hydrogen (secondary N) is 1. The fourth-order valence-corrected chi connectivity index (χ4v) is 5.56. The second-order valence-corrected chi connectivity index (χ2v) is 9.92. The van der Waals surface area contributed by atoms with Crippen LogP contribution in [0.15, 0.2) is 54.6 Å². The Balaban J connectivity index is 1.30. The number of hydroxylamine groups is 1. The summed E-state index contributed by atoms with van der Waals surface area (Å²) in [6, 6.07) is 17.4. The van der Waals surface area contributed by atoms with Crippen LogP contribution in [0, 0.1) is 18.3 Å². The largest absolute Gasteiger partial charge is 0.489 e. The Bertz CT molecular complexity index is 1280. The first kappa shape index (κ1) is 24.2.